The van der Waals surface area contributed by atoms with Crippen molar-refractivity contribution in [1.82, 2.24) is 52.5 Å². The Kier molecular flexibility index (Phi) is 39.1. The minimum absolute atomic E-state index is 0. The molecule has 6 aromatic carbocycles. The number of rotatable bonds is 36. The van der Waals surface area contributed by atoms with Crippen LogP contribution in [0.2, 0.25) is 10.0 Å². The third-order valence-corrected chi connectivity index (χ3v) is 27.8. The van der Waals surface area contributed by atoms with Crippen LogP contribution in [0.5, 0.6) is 11.5 Å². The number of Topliss-reactive ketones (excluding diaryl/α,β-unsaturated/α-hetero) is 4. The first-order chi connectivity index (χ1) is 70.0. The predicted molar refractivity (Wildman–Crippen MR) is 564 cm³/mol. The van der Waals surface area contributed by atoms with Crippen LogP contribution in [0.1, 0.15) is 247 Å². The summed E-state index contributed by atoms with van der Waals surface area (Å²) in [5.41, 5.74) is 8.64. The fraction of sp³-hybridized carbons (Fsp3) is 0.421. The highest BCUT2D eigenvalue weighted by molar-refractivity contribution is 9.10. The number of hydrogen-bond donors (Lipinski definition) is 14. The lowest BCUT2D eigenvalue weighted by Gasteiger charge is -2.19. The molecule has 4 aliphatic carbocycles. The Morgan fingerprint density at radius 2 is 0.619 bits per heavy atom. The quantitative estimate of drug-likeness (QED) is 0.0162. The number of anilines is 4. The van der Waals surface area contributed by atoms with E-state index in [1.807, 2.05) is 100 Å². The van der Waals surface area contributed by atoms with Gasteiger partial charge in [-0.15, -0.1) is 0 Å². The van der Waals surface area contributed by atoms with Crippen LogP contribution < -0.4 is 63.8 Å². The minimum atomic E-state index is -1.06. The molecule has 16 rings (SSSR count). The van der Waals surface area contributed by atoms with Crippen LogP contribution in [0.4, 0.5) is 40.3 Å². The van der Waals surface area contributed by atoms with Gasteiger partial charge >= 0.3 is 0 Å². The second kappa shape index (κ2) is 51.4. The van der Waals surface area contributed by atoms with Crippen molar-refractivity contribution in [2.45, 2.75) is 208 Å². The second-order valence-electron chi connectivity index (χ2n) is 37.6. The number of phenols is 2. The number of hydrogen-bond acceptors (Lipinski definition) is 28. The second-order valence-corrected chi connectivity index (χ2v) is 40.3. The Hall–Kier alpha value is -13.9. The summed E-state index contributed by atoms with van der Waals surface area (Å²) in [6, 6.07) is 44.6. The molecule has 8 aliphatic rings. The van der Waals surface area contributed by atoms with Crippen LogP contribution in [0.15, 0.2) is 175 Å². The van der Waals surface area contributed by atoms with Gasteiger partial charge in [0.05, 0.1) is 159 Å². The molecular formula is C107H118Br2Cl2F4N22O10. The summed E-state index contributed by atoms with van der Waals surface area (Å²) < 4.78 is 54.7. The van der Waals surface area contributed by atoms with E-state index in [0.717, 1.165) is 124 Å². The monoisotopic (exact) mass is 2170 g/mol. The van der Waals surface area contributed by atoms with E-state index in [-0.39, 0.29) is 187 Å². The minimum Gasteiger partial charge on any atom is -0.508 e. The molecule has 8 aromatic rings. The van der Waals surface area contributed by atoms with Gasteiger partial charge in [0.15, 0.2) is 47.0 Å². The number of ketones is 4. The van der Waals surface area contributed by atoms with Crippen molar-refractivity contribution in [3.63, 3.8) is 0 Å². The van der Waals surface area contributed by atoms with Crippen LogP contribution in [-0.4, -0.2) is 194 Å². The lowest BCUT2D eigenvalue weighted by atomic mass is 9.87. The van der Waals surface area contributed by atoms with Crippen LogP contribution in [0.3, 0.4) is 0 Å². The topological polar surface area (TPSA) is 492 Å². The number of nitrogens with zero attached hydrogens (tertiary/aromatic N) is 10. The maximum atomic E-state index is 13.2. The number of aromatic nitrogens is 2. The van der Waals surface area contributed by atoms with Gasteiger partial charge in [-0.1, -0.05) is 114 Å². The third kappa shape index (κ3) is 31.6. The van der Waals surface area contributed by atoms with E-state index in [4.69, 9.17) is 23.2 Å². The van der Waals surface area contributed by atoms with Gasteiger partial charge in [-0.05, 0) is 230 Å². The van der Waals surface area contributed by atoms with Gasteiger partial charge in [0.25, 0.3) is 23.6 Å². The number of alkyl halides is 4. The molecule has 6 heterocycles. The van der Waals surface area contributed by atoms with Gasteiger partial charge in [-0.2, -0.15) is 21.0 Å². The van der Waals surface area contributed by atoms with E-state index in [9.17, 15) is 87.2 Å². The first-order valence-corrected chi connectivity index (χ1v) is 50.8. The highest BCUT2D eigenvalue weighted by Crippen LogP contribution is 2.53. The maximum Gasteiger partial charge on any atom is 0.253 e. The number of nitrogens with one attached hydrogen (secondary N) is 12. The number of nitriles is 4. The summed E-state index contributed by atoms with van der Waals surface area (Å²) >= 11 is 19.8. The number of carbonyl (C=O) groups is 8. The fourth-order valence-corrected chi connectivity index (χ4v) is 18.7. The summed E-state index contributed by atoms with van der Waals surface area (Å²) in [4.78, 5) is 126. The van der Waals surface area contributed by atoms with E-state index in [1.165, 1.54) is 61.2 Å². The molecule has 0 spiro atoms. The Morgan fingerprint density at radius 1 is 0.367 bits per heavy atom. The van der Waals surface area contributed by atoms with Crippen molar-refractivity contribution in [2.24, 2.45) is 20.0 Å². The number of benzene rings is 6. The SMILES string of the molecule is C.CC[C@H](CC(=O)CNC(=O)c1cc(O)cc(NC2=NCC(F)CN2)c1)c1cc(Br)cc(C2(C#N)CC2)c1.CC[C@H](CC(=O)CNC(=O)c1cc(O)cc(NC2=NCC(F)CN2)c1)c1cc(Cl)cc(C2(C#N)CC2)c1.CC[C@H](CC(=O)CNC(=O)c1cncc(NC2=NCC(F)CN2)c1)c1cc(Br)cc(C2(C#N)CC2)c1.CC[C@H](CC(=O)CNC(=O)c1cncc(NC2=NCC(F)CN2)c1)c1cc(Cl)cc(C2(C#N)CC2)c1. The van der Waals surface area contributed by atoms with Gasteiger partial charge in [0, 0.05) is 91.7 Å². The van der Waals surface area contributed by atoms with Crippen LogP contribution in [0.25, 0.3) is 0 Å². The van der Waals surface area contributed by atoms with E-state index in [2.05, 4.69) is 150 Å². The normalized spacial score (nSPS) is 18.5. The molecule has 4 aliphatic heterocycles. The van der Waals surface area contributed by atoms with Gasteiger partial charge in [-0.25, -0.2) is 37.5 Å². The number of amides is 4. The molecule has 8 atom stereocenters. The number of phenolic OH excluding ortho intramolecular Hbond substituents is 2. The molecule has 4 unspecified atom stereocenters. The van der Waals surface area contributed by atoms with Crippen molar-refractivity contribution < 1.29 is 66.1 Å². The van der Waals surface area contributed by atoms with Crippen molar-refractivity contribution in [1.29, 1.82) is 21.0 Å². The van der Waals surface area contributed by atoms with Crippen molar-refractivity contribution in [3.05, 3.63) is 232 Å². The van der Waals surface area contributed by atoms with E-state index >= 15 is 0 Å². The van der Waals surface area contributed by atoms with E-state index in [0.29, 0.717) is 68.6 Å². The van der Waals surface area contributed by atoms with Crippen molar-refractivity contribution in [3.8, 4) is 35.8 Å². The summed E-state index contributed by atoms with van der Waals surface area (Å²) in [7, 11) is 0. The smallest absolute Gasteiger partial charge is 0.253 e. The summed E-state index contributed by atoms with van der Waals surface area (Å²) in [6.45, 7) is 8.25. The molecule has 32 nitrogen and oxygen atoms in total. The average molecular weight is 2180 g/mol. The Balaban J connectivity index is 0.000000174. The lowest BCUT2D eigenvalue weighted by Crippen LogP contribution is -2.41. The number of guanidine groups is 4. The number of halogens is 8. The van der Waals surface area contributed by atoms with Gasteiger partial charge in [0.2, 0.25) is 0 Å². The zero-order chi connectivity index (χ0) is 105. The molecule has 4 amide bonds. The molecule has 4 fully saturated rings. The number of pyridine rings is 2. The van der Waals surface area contributed by atoms with Gasteiger partial charge in [0.1, 0.15) is 36.2 Å². The Morgan fingerprint density at radius 3 is 0.871 bits per heavy atom. The Labute approximate surface area is 877 Å². The Bertz CT molecular complexity index is 6150. The lowest BCUT2D eigenvalue weighted by molar-refractivity contribution is -0.119. The number of aromatic hydroxyl groups is 2. The third-order valence-electron chi connectivity index (χ3n) is 26.5. The molecule has 0 bridgehead atoms. The molecule has 2 aromatic heterocycles. The molecular weight excluding hydrogens is 2060 g/mol. The summed E-state index contributed by atoms with van der Waals surface area (Å²) in [6.07, 6.45) is 12.3. The highest BCUT2D eigenvalue weighted by atomic mass is 79.9. The van der Waals surface area contributed by atoms with Crippen LogP contribution in [-0.2, 0) is 40.8 Å². The van der Waals surface area contributed by atoms with Gasteiger partial charge in [-0.3, -0.25) is 48.3 Å². The molecule has 0 saturated heterocycles. The predicted octanol–water partition coefficient (Wildman–Crippen LogP) is 17.0. The summed E-state index contributed by atoms with van der Waals surface area (Å²) in [5, 5.41) is 93.1. The molecule has 147 heavy (non-hydrogen) atoms. The number of carbonyl (C=O) groups excluding carboxylic acids is 8. The molecule has 14 N–H and O–H groups in total. The molecule has 40 heteroatoms. The molecule has 0 radical (unpaired) electrons. The van der Waals surface area contributed by atoms with E-state index < -0.39 is 70.0 Å². The first-order valence-electron chi connectivity index (χ1n) is 48.5. The van der Waals surface area contributed by atoms with Gasteiger partial charge < -0.3 is 74.0 Å². The summed E-state index contributed by atoms with van der Waals surface area (Å²) in [5.74, 6) is -1.29. The molecule has 772 valence electrons. The highest BCUT2D eigenvalue weighted by Gasteiger charge is 2.49. The zero-order valence-electron chi connectivity index (χ0n) is 80.9. The van der Waals surface area contributed by atoms with Crippen molar-refractivity contribution >= 4 is 148 Å². The molecule has 4 saturated carbocycles. The van der Waals surface area contributed by atoms with Crippen molar-refractivity contribution in [2.75, 3.05) is 99.8 Å². The standard InChI is InChI=1S/C27H29BrFN5O3.C27H29ClFN5O3.C26H28BrFN6O2.C26H28ClFN6O2.CH4/c2*1-2-16(17-5-19(10-20(28)6-17)27(15-30)3-4-27)8-24(36)14-31-25(37)18-7-22(11-23(35)9-18)34-26-32-12-21(29)13-33-26;2*1-2-16(17-5-19(9-20(27)6-17)26(15-29)3-4-26)8-23(35)14-31-24(36)18-7-22(13-30-10-18)34-25-32-11-21(28)12-33-25;/h2*5-7,9-11,16,21,35H,2-4,8,12-14H2,1H3,(H,31,37)(H2,32,33,34);2*5-7,9-10,13,16,21H,2-4,8,11-12,14H2,1H3,(H,31,36)(H2,32,33,34);1H4/t4*16-;/m1111./s1. The number of aliphatic imine (C=N–C) groups is 4. The fourth-order valence-electron chi connectivity index (χ4n) is 17.2. The van der Waals surface area contributed by atoms with E-state index in [1.54, 1.807) is 12.1 Å². The average Bonchev–Trinajstić information content (AvgIpc) is 1.63. The van der Waals surface area contributed by atoms with Crippen LogP contribution >= 0.6 is 55.1 Å². The zero-order valence-corrected chi connectivity index (χ0v) is 85.6. The first kappa shape index (κ1) is 112. The largest absolute Gasteiger partial charge is 0.508 e. The van der Waals surface area contributed by atoms with Crippen LogP contribution in [0, 0.1) is 45.3 Å². The maximum absolute atomic E-state index is 13.2.